The number of hydrogen-bond donors (Lipinski definition) is 1. The van der Waals surface area contributed by atoms with Crippen LogP contribution < -0.4 is 0 Å². The monoisotopic (exact) mass is 188 g/mol. The summed E-state index contributed by atoms with van der Waals surface area (Å²) in [5.41, 5.74) is 0. The van der Waals surface area contributed by atoms with E-state index < -0.39 is 5.97 Å². The van der Waals surface area contributed by atoms with Crippen LogP contribution in [0.2, 0.25) is 0 Å². The first-order valence-corrected chi connectivity index (χ1v) is 2.70. The average Bonchev–Trinajstić information content (AvgIpc) is 1.63. The van der Waals surface area contributed by atoms with Gasteiger partial charge in [-0.25, -0.2) is 4.79 Å². The van der Waals surface area contributed by atoms with E-state index in [-0.39, 0.29) is 22.3 Å². The zero-order chi connectivity index (χ0) is 7.28. The van der Waals surface area contributed by atoms with E-state index in [1.165, 1.54) is 6.92 Å². The summed E-state index contributed by atoms with van der Waals surface area (Å²) in [7, 11) is 0. The minimum absolute atomic E-state index is 0. The van der Waals surface area contributed by atoms with Crippen LogP contribution in [0.4, 0.5) is 0 Å². The summed E-state index contributed by atoms with van der Waals surface area (Å²) in [5.74, 6) is -0.536. The first kappa shape index (κ1) is 12.2. The van der Waals surface area contributed by atoms with E-state index in [4.69, 9.17) is 5.11 Å². The van der Waals surface area contributed by atoms with E-state index in [1.54, 1.807) is 6.92 Å². The number of carbonyl (C=O) groups is 1. The molecule has 0 saturated carbocycles. The zero-order valence-corrected chi connectivity index (χ0v) is 6.85. The first-order chi connectivity index (χ1) is 4.16. The summed E-state index contributed by atoms with van der Waals surface area (Å²) in [6.45, 7) is 3.46. The van der Waals surface area contributed by atoms with Gasteiger partial charge in [-0.15, -0.1) is 0 Å². The SMILES string of the molecule is CCOC(=O)/C=C(/C)O.[Ni]. The van der Waals surface area contributed by atoms with E-state index in [1.807, 2.05) is 0 Å². The molecule has 0 aliphatic carbocycles. The standard InChI is InChI=1S/C6H10O3.Ni/c1-3-9-6(8)4-5(2)7;/h4,7H,3H2,1-2H3;/b5-4-;. The Labute approximate surface area is 70.0 Å². The van der Waals surface area contributed by atoms with Crippen molar-refractivity contribution in [2.45, 2.75) is 13.8 Å². The van der Waals surface area contributed by atoms with Crippen molar-refractivity contribution in [1.82, 2.24) is 0 Å². The van der Waals surface area contributed by atoms with Crippen molar-refractivity contribution < 1.29 is 31.1 Å². The molecule has 0 radical (unpaired) electrons. The Hall–Kier alpha value is -0.496. The predicted molar refractivity (Wildman–Crippen MR) is 33.0 cm³/mol. The molecule has 0 aliphatic heterocycles. The number of carbonyl (C=O) groups excluding carboxylic acids is 1. The number of hydrogen-bond acceptors (Lipinski definition) is 3. The fourth-order valence-electron chi connectivity index (χ4n) is 0.354. The van der Waals surface area contributed by atoms with Crippen LogP contribution in [0.5, 0.6) is 0 Å². The molecule has 0 fully saturated rings. The minimum atomic E-state index is -0.502. The maximum atomic E-state index is 10.4. The first-order valence-electron chi connectivity index (χ1n) is 2.70. The number of aliphatic hydroxyl groups excluding tert-OH is 1. The van der Waals surface area contributed by atoms with E-state index in [0.29, 0.717) is 6.61 Å². The number of rotatable bonds is 2. The Kier molecular flexibility index (Phi) is 8.08. The van der Waals surface area contributed by atoms with Crippen LogP contribution in [0, 0.1) is 0 Å². The normalized spacial score (nSPS) is 10.0. The molecule has 4 heteroatoms. The summed E-state index contributed by atoms with van der Waals surface area (Å²) < 4.78 is 4.48. The fourth-order valence-corrected chi connectivity index (χ4v) is 0.354. The molecule has 0 aromatic rings. The second-order valence-corrected chi connectivity index (χ2v) is 1.54. The smallest absolute Gasteiger partial charge is 0.334 e. The topological polar surface area (TPSA) is 46.5 Å². The van der Waals surface area contributed by atoms with Gasteiger partial charge in [0.1, 0.15) is 0 Å². The van der Waals surface area contributed by atoms with Crippen molar-refractivity contribution in [3.8, 4) is 0 Å². The molecule has 0 aliphatic rings. The summed E-state index contributed by atoms with van der Waals surface area (Å²) >= 11 is 0. The van der Waals surface area contributed by atoms with Crippen LogP contribution in [0.1, 0.15) is 13.8 Å². The number of esters is 1. The molecule has 3 nitrogen and oxygen atoms in total. The van der Waals surface area contributed by atoms with Gasteiger partial charge in [0.2, 0.25) is 0 Å². The molecule has 0 amide bonds. The summed E-state index contributed by atoms with van der Waals surface area (Å²) in [6, 6.07) is 0. The van der Waals surface area contributed by atoms with Crippen LogP contribution in [0.15, 0.2) is 11.8 Å². The molecular formula is C6H10NiO3. The third-order valence-electron chi connectivity index (χ3n) is 0.613. The second kappa shape index (κ2) is 6.62. The summed E-state index contributed by atoms with van der Waals surface area (Å²) in [5, 5.41) is 8.51. The van der Waals surface area contributed by atoms with E-state index in [0.717, 1.165) is 6.08 Å². The molecular weight excluding hydrogens is 179 g/mol. The molecule has 0 atom stereocenters. The van der Waals surface area contributed by atoms with Crippen molar-refractivity contribution in [2.75, 3.05) is 6.61 Å². The van der Waals surface area contributed by atoms with Gasteiger partial charge in [-0.2, -0.15) is 0 Å². The van der Waals surface area contributed by atoms with Crippen LogP contribution in [0.25, 0.3) is 0 Å². The van der Waals surface area contributed by atoms with Crippen molar-refractivity contribution in [2.24, 2.45) is 0 Å². The van der Waals surface area contributed by atoms with Gasteiger partial charge in [0.15, 0.2) is 0 Å². The Morgan fingerprint density at radius 1 is 1.70 bits per heavy atom. The fraction of sp³-hybridized carbons (Fsp3) is 0.500. The molecule has 0 heterocycles. The Balaban J connectivity index is 0. The quantitative estimate of drug-likeness (QED) is 0.305. The Bertz CT molecular complexity index is 127. The third-order valence-corrected chi connectivity index (χ3v) is 0.613. The van der Waals surface area contributed by atoms with Crippen molar-refractivity contribution >= 4 is 5.97 Å². The average molecular weight is 189 g/mol. The van der Waals surface area contributed by atoms with Gasteiger partial charge in [0, 0.05) is 16.5 Å². The van der Waals surface area contributed by atoms with Gasteiger partial charge in [-0.3, -0.25) is 0 Å². The van der Waals surface area contributed by atoms with Crippen molar-refractivity contribution in [3.05, 3.63) is 11.8 Å². The van der Waals surface area contributed by atoms with Gasteiger partial charge in [0.05, 0.1) is 18.4 Å². The number of aliphatic hydroxyl groups is 1. The van der Waals surface area contributed by atoms with Gasteiger partial charge >= 0.3 is 5.97 Å². The molecule has 0 aromatic carbocycles. The van der Waals surface area contributed by atoms with Crippen LogP contribution >= 0.6 is 0 Å². The maximum absolute atomic E-state index is 10.4. The summed E-state index contributed by atoms with van der Waals surface area (Å²) in [4.78, 5) is 10.4. The molecule has 10 heavy (non-hydrogen) atoms. The number of allylic oxidation sites excluding steroid dienone is 1. The molecule has 0 spiro atoms. The molecule has 0 unspecified atom stereocenters. The number of ether oxygens (including phenoxy) is 1. The van der Waals surface area contributed by atoms with Gasteiger partial charge in [-0.05, 0) is 13.8 Å². The van der Waals surface area contributed by atoms with E-state index >= 15 is 0 Å². The predicted octanol–water partition coefficient (Wildman–Crippen LogP) is 1.01. The largest absolute Gasteiger partial charge is 0.512 e. The molecule has 0 aromatic heterocycles. The zero-order valence-electron chi connectivity index (χ0n) is 5.86. The van der Waals surface area contributed by atoms with Crippen LogP contribution in [0.3, 0.4) is 0 Å². The van der Waals surface area contributed by atoms with Gasteiger partial charge in [0.25, 0.3) is 0 Å². The van der Waals surface area contributed by atoms with Crippen LogP contribution in [-0.4, -0.2) is 17.7 Å². The van der Waals surface area contributed by atoms with Crippen molar-refractivity contribution in [3.63, 3.8) is 0 Å². The molecule has 0 bridgehead atoms. The maximum Gasteiger partial charge on any atom is 0.334 e. The Morgan fingerprint density at radius 3 is 2.50 bits per heavy atom. The third kappa shape index (κ3) is 7.50. The molecule has 0 rings (SSSR count). The summed E-state index contributed by atoms with van der Waals surface area (Å²) in [6.07, 6.45) is 1.03. The molecule has 62 valence electrons. The Morgan fingerprint density at radius 2 is 2.20 bits per heavy atom. The van der Waals surface area contributed by atoms with E-state index in [2.05, 4.69) is 4.74 Å². The van der Waals surface area contributed by atoms with Crippen LogP contribution in [-0.2, 0) is 26.0 Å². The minimum Gasteiger partial charge on any atom is -0.512 e. The van der Waals surface area contributed by atoms with E-state index in [9.17, 15) is 4.79 Å². The molecule has 0 saturated heterocycles. The van der Waals surface area contributed by atoms with Crippen molar-refractivity contribution in [1.29, 1.82) is 0 Å². The van der Waals surface area contributed by atoms with Gasteiger partial charge in [-0.1, -0.05) is 0 Å². The molecule has 1 N–H and O–H groups in total. The second-order valence-electron chi connectivity index (χ2n) is 1.54. The van der Waals surface area contributed by atoms with Gasteiger partial charge < -0.3 is 9.84 Å².